The van der Waals surface area contributed by atoms with Crippen LogP contribution in [0.1, 0.15) is 18.1 Å². The molecule has 7 nitrogen and oxygen atoms in total. The number of amides is 1. The van der Waals surface area contributed by atoms with Gasteiger partial charge >= 0.3 is 5.69 Å². The number of nitrogens with zero attached hydrogens (tertiary/aromatic N) is 2. The lowest BCUT2D eigenvalue weighted by Crippen LogP contribution is -2.41. The normalized spacial score (nSPS) is 11.8. The molecule has 1 atom stereocenters. The van der Waals surface area contributed by atoms with Crippen molar-refractivity contribution < 1.29 is 4.79 Å². The molecule has 0 radical (unpaired) electrons. The van der Waals surface area contributed by atoms with E-state index in [-0.39, 0.29) is 24.0 Å². The third-order valence-corrected chi connectivity index (χ3v) is 5.96. The van der Waals surface area contributed by atoms with Gasteiger partial charge in [-0.2, -0.15) is 0 Å². The van der Waals surface area contributed by atoms with Crippen molar-refractivity contribution in [2.24, 2.45) is 0 Å². The minimum absolute atomic E-state index is 0.0253. The first-order valence-corrected chi connectivity index (χ1v) is 10.5. The number of nitrogens with one attached hydrogen (secondary N) is 1. The molecule has 2 aromatic carbocycles. The molecule has 0 saturated carbocycles. The number of anilines is 2. The zero-order chi connectivity index (χ0) is 21.7. The highest BCUT2D eigenvalue weighted by atomic mass is 32.2. The fourth-order valence-corrected chi connectivity index (χ4v) is 4.01. The van der Waals surface area contributed by atoms with Gasteiger partial charge in [0.1, 0.15) is 5.82 Å². The van der Waals surface area contributed by atoms with Crippen molar-refractivity contribution in [2.75, 3.05) is 17.7 Å². The summed E-state index contributed by atoms with van der Waals surface area (Å²) < 4.78 is 1.26. The predicted molar refractivity (Wildman–Crippen MR) is 122 cm³/mol. The lowest BCUT2D eigenvalue weighted by atomic mass is 10.2. The second kappa shape index (κ2) is 9.49. The molecule has 1 amide bonds. The molecule has 0 fully saturated rings. The van der Waals surface area contributed by atoms with E-state index in [2.05, 4.69) is 4.98 Å². The van der Waals surface area contributed by atoms with Crippen molar-refractivity contribution >= 4 is 29.2 Å². The molecule has 1 unspecified atom stereocenters. The van der Waals surface area contributed by atoms with Crippen LogP contribution in [0.2, 0.25) is 0 Å². The monoisotopic (exact) mass is 424 g/mol. The Balaban J connectivity index is 1.83. The van der Waals surface area contributed by atoms with E-state index in [0.717, 1.165) is 11.1 Å². The summed E-state index contributed by atoms with van der Waals surface area (Å²) >= 11 is 1.47. The van der Waals surface area contributed by atoms with E-state index in [1.54, 1.807) is 6.92 Å². The summed E-state index contributed by atoms with van der Waals surface area (Å²) in [5.41, 5.74) is 6.82. The number of hydrogen-bond acceptors (Lipinski definition) is 5. The molecular weight excluding hydrogens is 400 g/mol. The molecule has 0 spiro atoms. The van der Waals surface area contributed by atoms with Crippen LogP contribution < -0.4 is 21.9 Å². The first kappa shape index (κ1) is 21.4. The highest BCUT2D eigenvalue weighted by Gasteiger charge is 2.25. The zero-order valence-corrected chi connectivity index (χ0v) is 17.7. The highest BCUT2D eigenvalue weighted by Crippen LogP contribution is 2.23. The van der Waals surface area contributed by atoms with E-state index >= 15 is 0 Å². The molecule has 8 heteroatoms. The summed E-state index contributed by atoms with van der Waals surface area (Å²) in [6, 6.07) is 19.1. The summed E-state index contributed by atoms with van der Waals surface area (Å²) in [6.45, 7) is 1.98. The molecule has 30 heavy (non-hydrogen) atoms. The Labute approximate surface area is 178 Å². The fourth-order valence-electron chi connectivity index (χ4n) is 3.07. The largest absolute Gasteiger partial charge is 0.383 e. The van der Waals surface area contributed by atoms with Crippen LogP contribution in [0.25, 0.3) is 0 Å². The third kappa shape index (κ3) is 4.83. The van der Waals surface area contributed by atoms with E-state index in [0.29, 0.717) is 5.75 Å². The second-order valence-corrected chi connectivity index (χ2v) is 8.23. The van der Waals surface area contributed by atoms with Crippen LogP contribution in [-0.2, 0) is 17.1 Å². The maximum Gasteiger partial charge on any atom is 0.330 e. The van der Waals surface area contributed by atoms with Gasteiger partial charge < -0.3 is 10.6 Å². The van der Waals surface area contributed by atoms with Gasteiger partial charge in [0.15, 0.2) is 5.69 Å². The van der Waals surface area contributed by atoms with Gasteiger partial charge in [-0.05, 0) is 18.1 Å². The third-order valence-electron chi connectivity index (χ3n) is 4.75. The van der Waals surface area contributed by atoms with E-state index in [4.69, 9.17) is 5.73 Å². The summed E-state index contributed by atoms with van der Waals surface area (Å²) in [5, 5.41) is -0.400. The quantitative estimate of drug-likeness (QED) is 0.607. The molecule has 3 rings (SSSR count). The number of H-pyrrole nitrogens is 1. The van der Waals surface area contributed by atoms with Crippen molar-refractivity contribution in [2.45, 2.75) is 24.5 Å². The van der Waals surface area contributed by atoms with Crippen LogP contribution in [0.5, 0.6) is 0 Å². The van der Waals surface area contributed by atoms with Gasteiger partial charge in [-0.3, -0.25) is 19.1 Å². The molecule has 1 heterocycles. The number of aromatic nitrogens is 2. The molecule has 0 bridgehead atoms. The average Bonchev–Trinajstić information content (AvgIpc) is 2.75. The molecule has 156 valence electrons. The standard InChI is InChI=1S/C22H24N4O3S/c1-15(30-14-17-11-7-4-8-12-17)21(28)25(2)18-19(23)26(22(29)24-20(18)27)13-16-9-5-3-6-10-16/h3-12,15H,13-14,23H2,1-2H3,(H,24,27,29). The number of carbonyl (C=O) groups is 1. The van der Waals surface area contributed by atoms with Gasteiger partial charge in [-0.1, -0.05) is 60.7 Å². The van der Waals surface area contributed by atoms with E-state index in [1.165, 1.54) is 28.3 Å². The molecule has 1 aromatic heterocycles. The van der Waals surface area contributed by atoms with Crippen molar-refractivity contribution in [3.05, 3.63) is 92.6 Å². The van der Waals surface area contributed by atoms with Crippen molar-refractivity contribution in [1.82, 2.24) is 9.55 Å². The van der Waals surface area contributed by atoms with E-state index in [9.17, 15) is 14.4 Å². The van der Waals surface area contributed by atoms with Gasteiger partial charge in [0.05, 0.1) is 11.8 Å². The number of thioether (sulfide) groups is 1. The molecule has 0 aliphatic carbocycles. The fraction of sp³-hybridized carbons (Fsp3) is 0.227. The second-order valence-electron chi connectivity index (χ2n) is 6.90. The minimum atomic E-state index is -0.682. The number of nitrogen functional groups attached to an aromatic ring is 1. The smallest absolute Gasteiger partial charge is 0.330 e. The number of nitrogens with two attached hydrogens (primary N) is 1. The Morgan fingerprint density at radius 3 is 2.23 bits per heavy atom. The van der Waals surface area contributed by atoms with Crippen molar-refractivity contribution in [1.29, 1.82) is 0 Å². The Morgan fingerprint density at radius 1 is 1.07 bits per heavy atom. The minimum Gasteiger partial charge on any atom is -0.383 e. The Kier molecular flexibility index (Phi) is 6.79. The van der Waals surface area contributed by atoms with Gasteiger partial charge in [-0.25, -0.2) is 4.79 Å². The topological polar surface area (TPSA) is 101 Å². The lowest BCUT2D eigenvalue weighted by Gasteiger charge is -2.23. The number of rotatable bonds is 7. The van der Waals surface area contributed by atoms with Crippen LogP contribution >= 0.6 is 11.8 Å². The van der Waals surface area contributed by atoms with Crippen LogP contribution in [0.15, 0.2) is 70.3 Å². The van der Waals surface area contributed by atoms with Gasteiger partial charge in [0, 0.05) is 12.8 Å². The molecule has 0 saturated heterocycles. The summed E-state index contributed by atoms with van der Waals surface area (Å²) in [6.07, 6.45) is 0. The molecule has 0 aliphatic heterocycles. The van der Waals surface area contributed by atoms with Crippen molar-refractivity contribution in [3.8, 4) is 0 Å². The number of carbonyl (C=O) groups excluding carboxylic acids is 1. The number of hydrogen-bond donors (Lipinski definition) is 2. The van der Waals surface area contributed by atoms with Crippen LogP contribution in [0, 0.1) is 0 Å². The van der Waals surface area contributed by atoms with Crippen LogP contribution in [0.3, 0.4) is 0 Å². The molecule has 3 aromatic rings. The Morgan fingerprint density at radius 2 is 1.63 bits per heavy atom. The molecule has 0 aliphatic rings. The first-order valence-electron chi connectivity index (χ1n) is 9.48. The summed E-state index contributed by atoms with van der Waals surface area (Å²) in [5.74, 6) is 0.364. The lowest BCUT2D eigenvalue weighted by molar-refractivity contribution is -0.117. The molecule has 3 N–H and O–H groups in total. The maximum atomic E-state index is 12.9. The van der Waals surface area contributed by atoms with Gasteiger partial charge in [-0.15, -0.1) is 11.8 Å². The summed E-state index contributed by atoms with van der Waals surface area (Å²) in [4.78, 5) is 41.2. The Hall–Kier alpha value is -3.26. The maximum absolute atomic E-state index is 12.9. The first-order chi connectivity index (χ1) is 14.4. The Bertz CT molecular complexity index is 1130. The summed E-state index contributed by atoms with van der Waals surface area (Å²) in [7, 11) is 1.50. The number of aromatic amines is 1. The predicted octanol–water partition coefficient (Wildman–Crippen LogP) is 2.45. The zero-order valence-electron chi connectivity index (χ0n) is 16.9. The van der Waals surface area contributed by atoms with E-state index < -0.39 is 16.5 Å². The van der Waals surface area contributed by atoms with E-state index in [1.807, 2.05) is 60.7 Å². The van der Waals surface area contributed by atoms with Gasteiger partial charge in [0.2, 0.25) is 5.91 Å². The van der Waals surface area contributed by atoms with Crippen LogP contribution in [0.4, 0.5) is 11.5 Å². The number of benzene rings is 2. The average molecular weight is 425 g/mol. The van der Waals surface area contributed by atoms with Gasteiger partial charge in [0.25, 0.3) is 5.56 Å². The SMILES string of the molecule is CC(SCc1ccccc1)C(=O)N(C)c1c(N)n(Cc2ccccc2)c(=O)[nH]c1=O. The van der Waals surface area contributed by atoms with Crippen molar-refractivity contribution in [3.63, 3.8) is 0 Å². The highest BCUT2D eigenvalue weighted by molar-refractivity contribution is 7.99. The molecular formula is C22H24N4O3S. The van der Waals surface area contributed by atoms with Crippen LogP contribution in [-0.4, -0.2) is 27.8 Å².